The molecule has 0 N–H and O–H groups in total. The fraction of sp³-hybridized carbons (Fsp3) is 0.857. The molecule has 0 aromatic heterocycles. The topological polar surface area (TPSA) is 64.4 Å². The molecule has 1 saturated heterocycles. The molecule has 7 heteroatoms. The molecule has 80 valence electrons. The maximum Gasteiger partial charge on any atom is 0.299 e. The first-order valence-electron chi connectivity index (χ1n) is 4.33. The first-order chi connectivity index (χ1) is 6.54. The Morgan fingerprint density at radius 3 is 2.29 bits per heavy atom. The highest BCUT2D eigenvalue weighted by molar-refractivity contribution is 8.11. The second-order valence-corrected chi connectivity index (χ2v) is 5.60. The van der Waals surface area contributed by atoms with Gasteiger partial charge in [-0.05, 0) is 0 Å². The molecular weight excluding hydrogens is 226 g/mol. The Kier molecular flexibility index (Phi) is 4.13. The number of piperazine rings is 1. The molecule has 0 atom stereocenters. The molecule has 0 saturated carbocycles. The van der Waals surface area contributed by atoms with Crippen molar-refractivity contribution in [3.05, 3.63) is 0 Å². The highest BCUT2D eigenvalue weighted by Crippen LogP contribution is 2.10. The summed E-state index contributed by atoms with van der Waals surface area (Å²) in [6.45, 7) is 2.82. The van der Waals surface area contributed by atoms with Crippen LogP contribution in [-0.2, 0) is 9.24 Å². The van der Waals surface area contributed by atoms with E-state index in [0.717, 1.165) is 0 Å². The summed E-state index contributed by atoms with van der Waals surface area (Å²) in [5.41, 5.74) is 0. The summed E-state index contributed by atoms with van der Waals surface area (Å²) >= 11 is 0. The third kappa shape index (κ3) is 3.42. The summed E-state index contributed by atoms with van der Waals surface area (Å²) < 4.78 is 23.1. The molecular formula is C7H12ClN3O2S. The summed E-state index contributed by atoms with van der Waals surface area (Å²) in [4.78, 5) is 2.06. The number of nitrogens with zero attached hydrogens (tertiary/aromatic N) is 3. The van der Waals surface area contributed by atoms with E-state index >= 15 is 0 Å². The average molecular weight is 238 g/mol. The minimum absolute atomic E-state index is 0.414. The van der Waals surface area contributed by atoms with E-state index in [9.17, 15) is 8.42 Å². The molecule has 5 nitrogen and oxygen atoms in total. The zero-order valence-corrected chi connectivity index (χ0v) is 9.26. The summed E-state index contributed by atoms with van der Waals surface area (Å²) in [5.74, 6) is 0. The van der Waals surface area contributed by atoms with Gasteiger partial charge in [-0.25, -0.2) is 0 Å². The van der Waals surface area contributed by atoms with Crippen molar-refractivity contribution in [2.24, 2.45) is 0 Å². The van der Waals surface area contributed by atoms with Crippen LogP contribution in [0.2, 0.25) is 0 Å². The van der Waals surface area contributed by atoms with Crippen LogP contribution in [0.15, 0.2) is 0 Å². The third-order valence-corrected chi connectivity index (χ3v) is 3.75. The van der Waals surface area contributed by atoms with Crippen LogP contribution in [0.4, 0.5) is 0 Å². The van der Waals surface area contributed by atoms with Gasteiger partial charge in [0.25, 0.3) is 9.24 Å². The Morgan fingerprint density at radius 1 is 1.29 bits per heavy atom. The molecule has 0 radical (unpaired) electrons. The van der Waals surface area contributed by atoms with Crippen LogP contribution in [0.5, 0.6) is 0 Å². The van der Waals surface area contributed by atoms with Crippen LogP contribution < -0.4 is 0 Å². The number of nitriles is 1. The quantitative estimate of drug-likeness (QED) is 0.649. The van der Waals surface area contributed by atoms with Gasteiger partial charge in [0.2, 0.25) is 0 Å². The highest BCUT2D eigenvalue weighted by Gasteiger charge is 2.24. The van der Waals surface area contributed by atoms with Crippen LogP contribution in [0.25, 0.3) is 0 Å². The Hall–Kier alpha value is -0.350. The van der Waals surface area contributed by atoms with E-state index in [4.69, 9.17) is 15.9 Å². The average Bonchev–Trinajstić information content (AvgIpc) is 2.14. The second kappa shape index (κ2) is 4.94. The van der Waals surface area contributed by atoms with Crippen molar-refractivity contribution in [2.45, 2.75) is 6.42 Å². The Labute approximate surface area is 88.4 Å². The van der Waals surface area contributed by atoms with Gasteiger partial charge in [-0.3, -0.25) is 4.90 Å². The molecule has 0 spiro atoms. The third-order valence-electron chi connectivity index (χ3n) is 2.18. The lowest BCUT2D eigenvalue weighted by Gasteiger charge is -2.31. The van der Waals surface area contributed by atoms with Gasteiger partial charge >= 0.3 is 0 Å². The lowest BCUT2D eigenvalue weighted by Crippen LogP contribution is -2.47. The molecule has 1 rings (SSSR count). The van der Waals surface area contributed by atoms with E-state index < -0.39 is 9.24 Å². The number of hydrogen-bond acceptors (Lipinski definition) is 4. The van der Waals surface area contributed by atoms with Crippen molar-refractivity contribution in [3.63, 3.8) is 0 Å². The van der Waals surface area contributed by atoms with Gasteiger partial charge in [0, 0.05) is 49.8 Å². The Morgan fingerprint density at radius 2 is 1.86 bits per heavy atom. The van der Waals surface area contributed by atoms with Crippen molar-refractivity contribution in [3.8, 4) is 6.07 Å². The van der Waals surface area contributed by atoms with Crippen LogP contribution in [0.1, 0.15) is 6.42 Å². The number of halogens is 1. The Balaban J connectivity index is 2.36. The summed E-state index contributed by atoms with van der Waals surface area (Å²) in [5, 5.41) is 8.37. The van der Waals surface area contributed by atoms with Gasteiger partial charge in [-0.1, -0.05) is 0 Å². The molecule has 0 aromatic rings. The molecule has 1 fully saturated rings. The number of rotatable bonds is 3. The van der Waals surface area contributed by atoms with E-state index in [0.29, 0.717) is 39.1 Å². The second-order valence-electron chi connectivity index (χ2n) is 3.09. The van der Waals surface area contributed by atoms with Crippen molar-refractivity contribution in [1.29, 1.82) is 5.26 Å². The minimum atomic E-state index is -3.56. The standard InChI is InChI=1S/C7H12ClN3O2S/c8-14(12,13)11-6-4-10(5-7-11)3-1-2-9/h1,3-7H2. The van der Waals surface area contributed by atoms with Crippen molar-refractivity contribution >= 4 is 19.9 Å². The van der Waals surface area contributed by atoms with Gasteiger partial charge in [-0.15, -0.1) is 0 Å². The van der Waals surface area contributed by atoms with E-state index in [2.05, 4.69) is 11.0 Å². The fourth-order valence-corrected chi connectivity index (χ4v) is 2.39. The molecule has 0 amide bonds. The molecule has 1 aliphatic rings. The predicted molar refractivity (Wildman–Crippen MR) is 53.0 cm³/mol. The fourth-order valence-electron chi connectivity index (χ4n) is 1.38. The van der Waals surface area contributed by atoms with Gasteiger partial charge < -0.3 is 0 Å². The van der Waals surface area contributed by atoms with E-state index in [1.807, 2.05) is 0 Å². The van der Waals surface area contributed by atoms with Crippen molar-refractivity contribution in [2.75, 3.05) is 32.7 Å². The summed E-state index contributed by atoms with van der Waals surface area (Å²) in [7, 11) is 1.64. The maximum absolute atomic E-state index is 10.9. The molecule has 0 aromatic carbocycles. The maximum atomic E-state index is 10.9. The van der Waals surface area contributed by atoms with Crippen LogP contribution in [0.3, 0.4) is 0 Å². The first kappa shape index (κ1) is 11.7. The van der Waals surface area contributed by atoms with E-state index in [1.54, 1.807) is 0 Å². The van der Waals surface area contributed by atoms with E-state index in [-0.39, 0.29) is 0 Å². The first-order valence-corrected chi connectivity index (χ1v) is 6.59. The minimum Gasteiger partial charge on any atom is -0.300 e. The van der Waals surface area contributed by atoms with Gasteiger partial charge in [0.1, 0.15) is 0 Å². The molecule has 0 aliphatic carbocycles. The SMILES string of the molecule is N#CCCN1CCN(S(=O)(=O)Cl)CC1. The molecule has 1 heterocycles. The van der Waals surface area contributed by atoms with Crippen LogP contribution in [-0.4, -0.2) is 50.3 Å². The number of hydrogen-bond donors (Lipinski definition) is 0. The van der Waals surface area contributed by atoms with Crippen LogP contribution >= 0.6 is 10.7 Å². The largest absolute Gasteiger partial charge is 0.300 e. The van der Waals surface area contributed by atoms with Gasteiger partial charge in [0.05, 0.1) is 6.07 Å². The zero-order valence-electron chi connectivity index (χ0n) is 7.69. The lowest BCUT2D eigenvalue weighted by atomic mass is 10.3. The summed E-state index contributed by atoms with van der Waals surface area (Å²) in [6, 6.07) is 2.06. The zero-order chi connectivity index (χ0) is 10.6. The van der Waals surface area contributed by atoms with Crippen LogP contribution in [0, 0.1) is 11.3 Å². The highest BCUT2D eigenvalue weighted by atomic mass is 35.7. The normalized spacial score (nSPS) is 20.6. The van der Waals surface area contributed by atoms with Crippen molar-refractivity contribution in [1.82, 2.24) is 9.21 Å². The lowest BCUT2D eigenvalue weighted by molar-refractivity contribution is 0.193. The molecule has 0 unspecified atom stereocenters. The predicted octanol–water partition coefficient (Wildman–Crippen LogP) is 0.00128. The molecule has 14 heavy (non-hydrogen) atoms. The van der Waals surface area contributed by atoms with Gasteiger partial charge in [0.15, 0.2) is 0 Å². The van der Waals surface area contributed by atoms with Gasteiger partial charge in [-0.2, -0.15) is 18.0 Å². The van der Waals surface area contributed by atoms with E-state index in [1.165, 1.54) is 4.31 Å². The monoisotopic (exact) mass is 237 g/mol. The van der Waals surface area contributed by atoms with Crippen molar-refractivity contribution < 1.29 is 8.42 Å². The summed E-state index contributed by atoms with van der Waals surface area (Å²) in [6.07, 6.45) is 0.480. The molecule has 1 aliphatic heterocycles. The Bertz CT molecular complexity index is 316. The molecule has 0 bridgehead atoms. The smallest absolute Gasteiger partial charge is 0.299 e.